The van der Waals surface area contributed by atoms with Gasteiger partial charge in [0, 0.05) is 23.6 Å². The van der Waals surface area contributed by atoms with Gasteiger partial charge in [-0.15, -0.1) is 0 Å². The predicted molar refractivity (Wildman–Crippen MR) is 74.4 cm³/mol. The summed E-state index contributed by atoms with van der Waals surface area (Å²) in [5.74, 6) is -0.227. The van der Waals surface area contributed by atoms with Crippen molar-refractivity contribution in [3.63, 3.8) is 0 Å². The molecule has 0 bridgehead atoms. The van der Waals surface area contributed by atoms with E-state index in [1.807, 2.05) is 30.5 Å². The van der Waals surface area contributed by atoms with Crippen LogP contribution >= 0.6 is 0 Å². The van der Waals surface area contributed by atoms with Gasteiger partial charge in [0.2, 0.25) is 5.91 Å². The van der Waals surface area contributed by atoms with Crippen LogP contribution in [-0.2, 0) is 11.2 Å². The van der Waals surface area contributed by atoms with Crippen molar-refractivity contribution in [2.24, 2.45) is 5.41 Å². The van der Waals surface area contributed by atoms with Gasteiger partial charge in [-0.1, -0.05) is 18.2 Å². The maximum atomic E-state index is 11.7. The summed E-state index contributed by atoms with van der Waals surface area (Å²) in [6, 6.07) is 10.1. The van der Waals surface area contributed by atoms with Gasteiger partial charge in [0.1, 0.15) is 5.41 Å². The molecule has 4 heteroatoms. The van der Waals surface area contributed by atoms with Crippen molar-refractivity contribution in [1.82, 2.24) is 10.3 Å². The van der Waals surface area contributed by atoms with Gasteiger partial charge in [-0.3, -0.25) is 4.79 Å². The topological polar surface area (TPSA) is 68.7 Å². The van der Waals surface area contributed by atoms with Crippen molar-refractivity contribution in [2.45, 2.75) is 20.3 Å². The average molecular weight is 255 g/mol. The van der Waals surface area contributed by atoms with E-state index in [1.54, 1.807) is 13.8 Å². The fourth-order valence-electron chi connectivity index (χ4n) is 1.92. The van der Waals surface area contributed by atoms with Crippen LogP contribution in [0, 0.1) is 16.7 Å². The number of aromatic nitrogens is 1. The van der Waals surface area contributed by atoms with Crippen LogP contribution in [0.5, 0.6) is 0 Å². The number of aromatic amines is 1. The summed E-state index contributed by atoms with van der Waals surface area (Å²) in [5.41, 5.74) is 1.30. The number of nitrogens with zero attached hydrogens (tertiary/aromatic N) is 1. The molecule has 0 saturated carbocycles. The van der Waals surface area contributed by atoms with Crippen LogP contribution in [0.3, 0.4) is 0 Å². The molecule has 0 fully saturated rings. The Morgan fingerprint density at radius 3 is 2.89 bits per heavy atom. The summed E-state index contributed by atoms with van der Waals surface area (Å²) in [7, 11) is 0. The molecule has 0 saturated heterocycles. The average Bonchev–Trinajstić information content (AvgIpc) is 2.82. The normalized spacial score (nSPS) is 11.2. The number of para-hydroxylation sites is 1. The standard InChI is InChI=1S/C15H17N3O/c1-15(2,10-16)14(19)17-8-7-11-9-18-13-6-4-3-5-12(11)13/h3-6,9,18H,7-8H2,1-2H3,(H,17,19). The first-order valence-corrected chi connectivity index (χ1v) is 6.29. The quantitative estimate of drug-likeness (QED) is 0.880. The SMILES string of the molecule is CC(C)(C#N)C(=O)NCCc1c[nH]c2ccccc12. The Kier molecular flexibility index (Phi) is 3.57. The number of H-pyrrole nitrogens is 1. The summed E-state index contributed by atoms with van der Waals surface area (Å²) in [6.45, 7) is 3.77. The number of carbonyl (C=O) groups is 1. The van der Waals surface area contributed by atoms with Gasteiger partial charge < -0.3 is 10.3 Å². The molecule has 1 amide bonds. The Morgan fingerprint density at radius 2 is 2.16 bits per heavy atom. The number of amides is 1. The largest absolute Gasteiger partial charge is 0.361 e. The number of hydrogen-bond acceptors (Lipinski definition) is 2. The van der Waals surface area contributed by atoms with E-state index in [2.05, 4.69) is 16.4 Å². The van der Waals surface area contributed by atoms with E-state index < -0.39 is 5.41 Å². The zero-order valence-corrected chi connectivity index (χ0v) is 11.2. The highest BCUT2D eigenvalue weighted by molar-refractivity contribution is 5.85. The van der Waals surface area contributed by atoms with Gasteiger partial charge >= 0.3 is 0 Å². The van der Waals surface area contributed by atoms with Crippen molar-refractivity contribution >= 4 is 16.8 Å². The highest BCUT2D eigenvalue weighted by Gasteiger charge is 2.26. The van der Waals surface area contributed by atoms with Crippen molar-refractivity contribution in [3.05, 3.63) is 36.0 Å². The second-order valence-corrected chi connectivity index (χ2v) is 5.10. The number of nitrogens with one attached hydrogen (secondary N) is 2. The summed E-state index contributed by atoms with van der Waals surface area (Å²) in [6.07, 6.45) is 2.71. The molecule has 0 atom stereocenters. The summed E-state index contributed by atoms with van der Waals surface area (Å²) >= 11 is 0. The first-order valence-electron chi connectivity index (χ1n) is 6.29. The van der Waals surface area contributed by atoms with Gasteiger partial charge in [-0.05, 0) is 31.9 Å². The van der Waals surface area contributed by atoms with E-state index in [4.69, 9.17) is 5.26 Å². The monoisotopic (exact) mass is 255 g/mol. The molecule has 98 valence electrons. The Bertz CT molecular complexity index is 634. The lowest BCUT2D eigenvalue weighted by atomic mass is 9.95. The zero-order valence-electron chi connectivity index (χ0n) is 11.2. The van der Waals surface area contributed by atoms with Crippen LogP contribution in [0.2, 0.25) is 0 Å². The molecule has 1 aromatic carbocycles. The van der Waals surface area contributed by atoms with Crippen molar-refractivity contribution < 1.29 is 4.79 Å². The Labute approximate surface area is 112 Å². The Balaban J connectivity index is 1.97. The van der Waals surface area contributed by atoms with Gasteiger partial charge in [0.15, 0.2) is 0 Å². The summed E-state index contributed by atoms with van der Waals surface area (Å²) < 4.78 is 0. The molecule has 2 rings (SSSR count). The minimum atomic E-state index is -0.972. The first-order chi connectivity index (χ1) is 9.04. The second kappa shape index (κ2) is 5.15. The van der Waals surface area contributed by atoms with Crippen LogP contribution < -0.4 is 5.32 Å². The Hall–Kier alpha value is -2.28. The first kappa shape index (κ1) is 13.2. The maximum Gasteiger partial charge on any atom is 0.239 e. The van der Waals surface area contributed by atoms with E-state index in [0.717, 1.165) is 11.9 Å². The van der Waals surface area contributed by atoms with Crippen LogP contribution in [0.15, 0.2) is 30.5 Å². The van der Waals surface area contributed by atoms with Gasteiger partial charge in [-0.25, -0.2) is 0 Å². The molecule has 19 heavy (non-hydrogen) atoms. The third kappa shape index (κ3) is 2.76. The molecule has 2 aromatic rings. The summed E-state index contributed by atoms with van der Waals surface area (Å²) in [5, 5.41) is 12.9. The molecule has 1 heterocycles. The van der Waals surface area contributed by atoms with Gasteiger partial charge in [0.05, 0.1) is 6.07 Å². The van der Waals surface area contributed by atoms with Crippen LogP contribution in [0.4, 0.5) is 0 Å². The van der Waals surface area contributed by atoms with E-state index >= 15 is 0 Å². The lowest BCUT2D eigenvalue weighted by Gasteiger charge is -2.14. The molecule has 0 spiro atoms. The smallest absolute Gasteiger partial charge is 0.239 e. The number of fused-ring (bicyclic) bond motifs is 1. The molecule has 0 aliphatic rings. The number of rotatable bonds is 4. The third-order valence-electron chi connectivity index (χ3n) is 3.20. The lowest BCUT2D eigenvalue weighted by molar-refractivity contribution is -0.126. The highest BCUT2D eigenvalue weighted by Crippen LogP contribution is 2.18. The second-order valence-electron chi connectivity index (χ2n) is 5.10. The fourth-order valence-corrected chi connectivity index (χ4v) is 1.92. The number of hydrogen-bond donors (Lipinski definition) is 2. The lowest BCUT2D eigenvalue weighted by Crippen LogP contribution is -2.36. The number of nitriles is 1. The molecule has 1 aromatic heterocycles. The molecule has 2 N–H and O–H groups in total. The fraction of sp³-hybridized carbons (Fsp3) is 0.333. The Morgan fingerprint density at radius 1 is 1.42 bits per heavy atom. The molecule has 0 aliphatic heterocycles. The number of benzene rings is 1. The minimum Gasteiger partial charge on any atom is -0.361 e. The molecular weight excluding hydrogens is 238 g/mol. The van der Waals surface area contributed by atoms with E-state index in [1.165, 1.54) is 10.9 Å². The van der Waals surface area contributed by atoms with Crippen molar-refractivity contribution in [1.29, 1.82) is 5.26 Å². The molecule has 0 aliphatic carbocycles. The highest BCUT2D eigenvalue weighted by atomic mass is 16.2. The van der Waals surface area contributed by atoms with E-state index in [0.29, 0.717) is 6.54 Å². The van der Waals surface area contributed by atoms with Crippen LogP contribution in [-0.4, -0.2) is 17.4 Å². The third-order valence-corrected chi connectivity index (χ3v) is 3.20. The van der Waals surface area contributed by atoms with Crippen LogP contribution in [0.1, 0.15) is 19.4 Å². The van der Waals surface area contributed by atoms with Gasteiger partial charge in [0.25, 0.3) is 0 Å². The molecule has 0 unspecified atom stereocenters. The predicted octanol–water partition coefficient (Wildman–Crippen LogP) is 2.38. The zero-order chi connectivity index (χ0) is 13.9. The van der Waals surface area contributed by atoms with Crippen molar-refractivity contribution in [2.75, 3.05) is 6.54 Å². The maximum absolute atomic E-state index is 11.7. The molecular formula is C15H17N3O. The van der Waals surface area contributed by atoms with Gasteiger partial charge in [-0.2, -0.15) is 5.26 Å². The molecule has 0 radical (unpaired) electrons. The van der Waals surface area contributed by atoms with Crippen LogP contribution in [0.25, 0.3) is 10.9 Å². The summed E-state index contributed by atoms with van der Waals surface area (Å²) in [4.78, 5) is 14.9. The minimum absolute atomic E-state index is 0.227. The molecule has 4 nitrogen and oxygen atoms in total. The van der Waals surface area contributed by atoms with E-state index in [-0.39, 0.29) is 5.91 Å². The van der Waals surface area contributed by atoms with Crippen molar-refractivity contribution in [3.8, 4) is 6.07 Å². The van der Waals surface area contributed by atoms with E-state index in [9.17, 15) is 4.79 Å². The number of carbonyl (C=O) groups excluding carboxylic acids is 1.